The quantitative estimate of drug-likeness (QED) is 0.504. The normalized spacial score (nSPS) is 8.60. The second-order valence-corrected chi connectivity index (χ2v) is 3.07. The van der Waals surface area contributed by atoms with Crippen LogP contribution in [0.15, 0.2) is 24.3 Å². The largest absolute Gasteiger partial charge is 0.359 e. The van der Waals surface area contributed by atoms with Crippen LogP contribution in [0.5, 0.6) is 0 Å². The Morgan fingerprint density at radius 3 is 2.20 bits per heavy atom. The van der Waals surface area contributed by atoms with E-state index in [0.29, 0.717) is 11.0 Å². The van der Waals surface area contributed by atoms with Crippen LogP contribution in [0.1, 0.15) is 0 Å². The Labute approximate surface area is 95.5 Å². The maximum atomic E-state index is 7.52. The number of anilines is 1. The van der Waals surface area contributed by atoms with Gasteiger partial charge in [0.15, 0.2) is 5.96 Å². The van der Waals surface area contributed by atoms with Gasteiger partial charge in [-0.15, -0.1) is 0 Å². The Bertz CT molecular complexity index is 297. The Morgan fingerprint density at radius 2 is 1.80 bits per heavy atom. The van der Waals surface area contributed by atoms with Gasteiger partial charge in [0.2, 0.25) is 0 Å². The van der Waals surface area contributed by atoms with E-state index in [1.54, 1.807) is 24.1 Å². The van der Waals surface area contributed by atoms with Crippen molar-refractivity contribution in [3.05, 3.63) is 29.3 Å². The Hall–Kier alpha value is -1.26. The molecule has 0 amide bonds. The molecule has 0 heterocycles. The Kier molecular flexibility index (Phi) is 6.49. The summed E-state index contributed by atoms with van der Waals surface area (Å²) in [5.74, 6) is 0.349. The van der Waals surface area contributed by atoms with Crippen LogP contribution in [0.3, 0.4) is 0 Å². The first-order valence-corrected chi connectivity index (χ1v) is 4.86. The van der Waals surface area contributed by atoms with Crippen LogP contribution < -0.4 is 16.0 Å². The molecule has 0 spiro atoms. The smallest absolute Gasteiger partial charge is 0.195 e. The van der Waals surface area contributed by atoms with Crippen LogP contribution in [0.4, 0.5) is 5.69 Å². The average molecular weight is 229 g/mol. The van der Waals surface area contributed by atoms with Gasteiger partial charge in [-0.25, -0.2) is 0 Å². The molecule has 84 valence electrons. The van der Waals surface area contributed by atoms with Gasteiger partial charge < -0.3 is 16.0 Å². The molecule has 0 fully saturated rings. The third-order valence-electron chi connectivity index (χ3n) is 1.79. The first kappa shape index (κ1) is 13.7. The molecule has 0 aliphatic heterocycles. The molecule has 0 saturated carbocycles. The predicted octanol–water partition coefficient (Wildman–Crippen LogP) is 1.51. The minimum absolute atomic E-state index is 0.349. The molecule has 0 aliphatic carbocycles. The summed E-state index contributed by atoms with van der Waals surface area (Å²) in [5, 5.41) is 11.0. The summed E-state index contributed by atoms with van der Waals surface area (Å²) in [6.07, 6.45) is 0. The summed E-state index contributed by atoms with van der Waals surface area (Å²) in [7, 11) is 5.04. The van der Waals surface area contributed by atoms with E-state index in [1.807, 2.05) is 19.2 Å². The standard InChI is InChI=1S/C9H12ClN3.CH5N/c1-12-9(11)13(2)8-5-3-7(10)4-6-8;1-2/h3-6H,1-2H3,(H2,11,12);2H2,1H3. The number of benzene rings is 1. The monoisotopic (exact) mass is 228 g/mol. The van der Waals surface area contributed by atoms with Crippen LogP contribution in [0.25, 0.3) is 0 Å². The molecule has 0 saturated heterocycles. The SMILES string of the molecule is CN.CNC(=N)N(C)c1ccc(Cl)cc1. The van der Waals surface area contributed by atoms with Crippen LogP contribution in [0.2, 0.25) is 5.02 Å². The number of guanidine groups is 1. The van der Waals surface area contributed by atoms with Crippen molar-refractivity contribution in [1.82, 2.24) is 5.32 Å². The van der Waals surface area contributed by atoms with Crippen molar-refractivity contribution < 1.29 is 0 Å². The first-order valence-electron chi connectivity index (χ1n) is 4.48. The van der Waals surface area contributed by atoms with E-state index in [9.17, 15) is 0 Å². The summed E-state index contributed by atoms with van der Waals surface area (Å²) < 4.78 is 0. The number of hydrogen-bond acceptors (Lipinski definition) is 2. The number of nitrogens with zero attached hydrogens (tertiary/aromatic N) is 1. The zero-order chi connectivity index (χ0) is 11.8. The van der Waals surface area contributed by atoms with Gasteiger partial charge in [-0.3, -0.25) is 5.41 Å². The fraction of sp³-hybridized carbons (Fsp3) is 0.300. The Morgan fingerprint density at radius 1 is 1.33 bits per heavy atom. The van der Waals surface area contributed by atoms with E-state index in [1.165, 1.54) is 7.05 Å². The van der Waals surface area contributed by atoms with Crippen molar-refractivity contribution in [2.24, 2.45) is 5.73 Å². The molecule has 0 unspecified atom stereocenters. The number of halogens is 1. The van der Waals surface area contributed by atoms with Crippen molar-refractivity contribution in [3.8, 4) is 0 Å². The van der Waals surface area contributed by atoms with Gasteiger partial charge in [0.05, 0.1) is 0 Å². The molecule has 0 aromatic heterocycles. The van der Waals surface area contributed by atoms with Crippen LogP contribution >= 0.6 is 11.6 Å². The minimum atomic E-state index is 0.349. The van der Waals surface area contributed by atoms with Crippen molar-refractivity contribution in [2.45, 2.75) is 0 Å². The first-order chi connectivity index (χ1) is 7.15. The molecule has 1 aromatic rings. The maximum Gasteiger partial charge on any atom is 0.195 e. The third-order valence-corrected chi connectivity index (χ3v) is 2.04. The van der Waals surface area contributed by atoms with Crippen LogP contribution in [-0.2, 0) is 0 Å². The number of rotatable bonds is 1. The fourth-order valence-corrected chi connectivity index (χ4v) is 1.09. The lowest BCUT2D eigenvalue weighted by Crippen LogP contribution is -2.35. The summed E-state index contributed by atoms with van der Waals surface area (Å²) in [6.45, 7) is 0. The zero-order valence-corrected chi connectivity index (χ0v) is 9.97. The van der Waals surface area contributed by atoms with E-state index >= 15 is 0 Å². The van der Waals surface area contributed by atoms with E-state index in [0.717, 1.165) is 5.69 Å². The van der Waals surface area contributed by atoms with Crippen molar-refractivity contribution in [2.75, 3.05) is 26.0 Å². The van der Waals surface area contributed by atoms with E-state index in [2.05, 4.69) is 11.1 Å². The molecular weight excluding hydrogens is 212 g/mol. The molecule has 15 heavy (non-hydrogen) atoms. The lowest BCUT2D eigenvalue weighted by molar-refractivity contribution is 1.06. The van der Waals surface area contributed by atoms with Gasteiger partial charge in [-0.05, 0) is 31.3 Å². The fourth-order valence-electron chi connectivity index (χ4n) is 0.962. The average Bonchev–Trinajstić information content (AvgIpc) is 2.31. The van der Waals surface area contributed by atoms with Gasteiger partial charge in [0.1, 0.15) is 0 Å². The molecule has 1 rings (SSSR count). The Balaban J connectivity index is 0.000000921. The molecule has 4 N–H and O–H groups in total. The summed E-state index contributed by atoms with van der Waals surface area (Å²) >= 11 is 5.74. The van der Waals surface area contributed by atoms with Crippen LogP contribution in [0, 0.1) is 5.41 Å². The second-order valence-electron chi connectivity index (χ2n) is 2.63. The van der Waals surface area contributed by atoms with Gasteiger partial charge in [-0.2, -0.15) is 0 Å². The number of nitrogens with one attached hydrogen (secondary N) is 2. The zero-order valence-electron chi connectivity index (χ0n) is 9.21. The summed E-state index contributed by atoms with van der Waals surface area (Å²) in [6, 6.07) is 7.34. The van der Waals surface area contributed by atoms with Crippen molar-refractivity contribution in [1.29, 1.82) is 5.41 Å². The van der Waals surface area contributed by atoms with Crippen LogP contribution in [-0.4, -0.2) is 27.1 Å². The van der Waals surface area contributed by atoms with Gasteiger partial charge in [-0.1, -0.05) is 11.6 Å². The van der Waals surface area contributed by atoms with E-state index in [-0.39, 0.29) is 0 Å². The predicted molar refractivity (Wildman–Crippen MR) is 66.8 cm³/mol. The molecule has 0 radical (unpaired) electrons. The van der Waals surface area contributed by atoms with Crippen molar-refractivity contribution >= 4 is 23.2 Å². The highest BCUT2D eigenvalue weighted by molar-refractivity contribution is 6.30. The maximum absolute atomic E-state index is 7.52. The molecule has 5 heteroatoms. The third kappa shape index (κ3) is 4.18. The van der Waals surface area contributed by atoms with Gasteiger partial charge in [0.25, 0.3) is 0 Å². The highest BCUT2D eigenvalue weighted by Gasteiger charge is 2.03. The second kappa shape index (κ2) is 7.09. The minimum Gasteiger partial charge on any atom is -0.359 e. The van der Waals surface area contributed by atoms with Crippen molar-refractivity contribution in [3.63, 3.8) is 0 Å². The lowest BCUT2D eigenvalue weighted by Gasteiger charge is -2.19. The number of nitrogens with two attached hydrogens (primary N) is 1. The molecule has 0 atom stereocenters. The van der Waals surface area contributed by atoms with Gasteiger partial charge in [0, 0.05) is 24.8 Å². The van der Waals surface area contributed by atoms with Gasteiger partial charge >= 0.3 is 0 Å². The topological polar surface area (TPSA) is 65.1 Å². The number of hydrogen-bond donors (Lipinski definition) is 3. The molecule has 0 bridgehead atoms. The molecule has 4 nitrogen and oxygen atoms in total. The molecule has 1 aromatic carbocycles. The highest BCUT2D eigenvalue weighted by Crippen LogP contribution is 2.16. The summed E-state index contributed by atoms with van der Waals surface area (Å²) in [5.41, 5.74) is 5.43. The van der Waals surface area contributed by atoms with E-state index in [4.69, 9.17) is 17.0 Å². The molecule has 0 aliphatic rings. The summed E-state index contributed by atoms with van der Waals surface area (Å²) in [4.78, 5) is 1.73. The van der Waals surface area contributed by atoms with E-state index < -0.39 is 0 Å². The molecular formula is C10H17ClN4. The lowest BCUT2D eigenvalue weighted by atomic mass is 10.3. The highest BCUT2D eigenvalue weighted by atomic mass is 35.5.